The lowest BCUT2D eigenvalue weighted by Gasteiger charge is -2.35. The Morgan fingerprint density at radius 2 is 0.841 bits per heavy atom. The lowest BCUT2D eigenvalue weighted by atomic mass is 9.66. The van der Waals surface area contributed by atoms with Gasteiger partial charge in [0, 0.05) is 32.9 Å². The van der Waals surface area contributed by atoms with E-state index in [-0.39, 0.29) is 0 Å². The van der Waals surface area contributed by atoms with E-state index >= 15 is 0 Å². The monoisotopic (exact) mass is 877 g/mol. The van der Waals surface area contributed by atoms with Crippen molar-refractivity contribution in [2.45, 2.75) is 5.41 Å². The molecule has 1 aliphatic carbocycles. The van der Waals surface area contributed by atoms with E-state index in [4.69, 9.17) is 4.42 Å². The van der Waals surface area contributed by atoms with E-state index in [0.717, 1.165) is 60.9 Å². The van der Waals surface area contributed by atoms with Crippen LogP contribution in [0.4, 0.5) is 17.1 Å². The Bertz CT molecular complexity index is 4010. The van der Waals surface area contributed by atoms with Crippen LogP contribution in [0.25, 0.3) is 87.6 Å². The molecule has 1 aliphatic rings. The van der Waals surface area contributed by atoms with Crippen LogP contribution < -0.4 is 4.90 Å². The number of rotatable bonds is 7. The van der Waals surface area contributed by atoms with Gasteiger partial charge in [-0.2, -0.15) is 0 Å². The highest BCUT2D eigenvalue weighted by Crippen LogP contribution is 2.59. The number of hydrogen-bond acceptors (Lipinski definition) is 2. The van der Waals surface area contributed by atoms with Crippen LogP contribution in [-0.2, 0) is 5.41 Å². The number of benzene rings is 12. The lowest BCUT2D eigenvalue weighted by Crippen LogP contribution is -2.29. The Balaban J connectivity index is 0.961. The third-order valence-corrected chi connectivity index (χ3v) is 14.7. The molecular formula is C67H43NO. The molecule has 0 aliphatic heterocycles. The van der Waals surface area contributed by atoms with Gasteiger partial charge in [-0.15, -0.1) is 0 Å². The topological polar surface area (TPSA) is 16.4 Å². The van der Waals surface area contributed by atoms with Crippen molar-refractivity contribution >= 4 is 71.3 Å². The minimum Gasteiger partial charge on any atom is -0.455 e. The normalized spacial score (nSPS) is 12.8. The quantitative estimate of drug-likeness (QED) is 0.159. The van der Waals surface area contributed by atoms with E-state index in [1.54, 1.807) is 0 Å². The number of nitrogens with zero attached hydrogens (tertiary/aromatic N) is 1. The van der Waals surface area contributed by atoms with E-state index in [1.165, 1.54) is 66.1 Å². The first kappa shape index (κ1) is 39.2. The second kappa shape index (κ2) is 15.6. The molecule has 1 aromatic heterocycles. The van der Waals surface area contributed by atoms with Crippen LogP contribution in [0.2, 0.25) is 0 Å². The van der Waals surface area contributed by atoms with Crippen LogP contribution >= 0.6 is 0 Å². The van der Waals surface area contributed by atoms with Gasteiger partial charge in [-0.25, -0.2) is 0 Å². The summed E-state index contributed by atoms with van der Waals surface area (Å²) in [5.41, 5.74) is 16.9. The SMILES string of the molecule is c1ccc(C2(c3ccccc3)c3ccccc3-c3cccc(-c4ccc(-c5cccc6oc7c8ccccc8c(N(c8ccc9ccccc9c8)c8ccc9ccccc9c8)cc7c56)cc4)c32)cc1. The average Bonchev–Trinajstić information content (AvgIpc) is 3.96. The molecule has 0 saturated heterocycles. The molecule has 2 nitrogen and oxygen atoms in total. The van der Waals surface area contributed by atoms with Gasteiger partial charge in [0.15, 0.2) is 0 Å². The van der Waals surface area contributed by atoms with Gasteiger partial charge in [-0.3, -0.25) is 0 Å². The molecule has 12 aromatic carbocycles. The standard InChI is InChI=1S/C67H43NO/c1-3-21-50(22-4-1)67(51-23-5-2-6-24-51)61-31-14-13-25-56(61)58-30-15-29-55(65(58)67)47-35-33-46(34-36-47)54-28-16-32-63-64(54)60-43-62(57-26-11-12-27-59(57)66(60)69-63)68(52-39-37-44-17-7-9-19-48(44)41-52)53-40-38-45-18-8-10-20-49(45)42-53/h1-43H. The maximum absolute atomic E-state index is 6.95. The van der Waals surface area contributed by atoms with Crippen LogP contribution in [0.1, 0.15) is 22.3 Å². The van der Waals surface area contributed by atoms with E-state index < -0.39 is 5.41 Å². The molecule has 1 heterocycles. The van der Waals surface area contributed by atoms with Crippen LogP contribution in [0.15, 0.2) is 265 Å². The fourth-order valence-electron chi connectivity index (χ4n) is 11.7. The summed E-state index contributed by atoms with van der Waals surface area (Å²) in [4.78, 5) is 2.43. The Morgan fingerprint density at radius 1 is 0.333 bits per heavy atom. The van der Waals surface area contributed by atoms with Crippen molar-refractivity contribution in [2.24, 2.45) is 0 Å². The summed E-state index contributed by atoms with van der Waals surface area (Å²) < 4.78 is 6.95. The van der Waals surface area contributed by atoms with Crippen molar-refractivity contribution < 1.29 is 4.42 Å². The molecule has 0 atom stereocenters. The van der Waals surface area contributed by atoms with E-state index in [9.17, 15) is 0 Å². The number of hydrogen-bond donors (Lipinski definition) is 0. The molecule has 2 heteroatoms. The van der Waals surface area contributed by atoms with Crippen LogP contribution in [0, 0.1) is 0 Å². The number of furan rings is 1. The predicted octanol–water partition coefficient (Wildman–Crippen LogP) is 18.2. The summed E-state index contributed by atoms with van der Waals surface area (Å²) in [5, 5.41) is 9.20. The van der Waals surface area contributed by atoms with Gasteiger partial charge in [0.25, 0.3) is 0 Å². The largest absolute Gasteiger partial charge is 0.455 e. The molecule has 0 radical (unpaired) electrons. The zero-order valence-corrected chi connectivity index (χ0v) is 37.7. The van der Waals surface area contributed by atoms with Gasteiger partial charge >= 0.3 is 0 Å². The van der Waals surface area contributed by atoms with Crippen LogP contribution in [0.3, 0.4) is 0 Å². The van der Waals surface area contributed by atoms with E-state index in [1.807, 2.05) is 0 Å². The zero-order valence-electron chi connectivity index (χ0n) is 37.7. The molecule has 69 heavy (non-hydrogen) atoms. The Morgan fingerprint density at radius 3 is 1.51 bits per heavy atom. The zero-order chi connectivity index (χ0) is 45.5. The average molecular weight is 878 g/mol. The van der Waals surface area contributed by atoms with Crippen molar-refractivity contribution in [2.75, 3.05) is 4.90 Å². The molecule has 0 N–H and O–H groups in total. The highest BCUT2D eigenvalue weighted by atomic mass is 16.3. The van der Waals surface area contributed by atoms with Gasteiger partial charge in [-0.05, 0) is 114 Å². The molecule has 0 amide bonds. The first-order valence-electron chi connectivity index (χ1n) is 23.8. The number of fused-ring (bicyclic) bond motifs is 10. The Labute approximate surface area is 400 Å². The second-order valence-corrected chi connectivity index (χ2v) is 18.3. The van der Waals surface area contributed by atoms with Crippen molar-refractivity contribution in [3.8, 4) is 33.4 Å². The summed E-state index contributed by atoms with van der Waals surface area (Å²) >= 11 is 0. The van der Waals surface area contributed by atoms with Crippen molar-refractivity contribution in [3.05, 3.63) is 283 Å². The first-order chi connectivity index (χ1) is 34.2. The molecule has 322 valence electrons. The van der Waals surface area contributed by atoms with Gasteiger partial charge in [0.05, 0.1) is 11.1 Å². The Kier molecular flexibility index (Phi) is 8.84. The van der Waals surface area contributed by atoms with Crippen molar-refractivity contribution in [1.29, 1.82) is 0 Å². The minimum absolute atomic E-state index is 0.501. The predicted molar refractivity (Wildman–Crippen MR) is 289 cm³/mol. The van der Waals surface area contributed by atoms with E-state index in [0.29, 0.717) is 0 Å². The molecule has 0 bridgehead atoms. The summed E-state index contributed by atoms with van der Waals surface area (Å²) in [6, 6.07) is 95.6. The number of anilines is 3. The Hall–Kier alpha value is -8.98. The molecule has 13 aromatic rings. The van der Waals surface area contributed by atoms with Gasteiger partial charge in [0.2, 0.25) is 0 Å². The molecule has 14 rings (SSSR count). The molecular weight excluding hydrogens is 835 g/mol. The van der Waals surface area contributed by atoms with Gasteiger partial charge in [0.1, 0.15) is 11.2 Å². The molecule has 0 fully saturated rings. The fraction of sp³-hybridized carbons (Fsp3) is 0.0149. The van der Waals surface area contributed by atoms with Gasteiger partial charge in [-0.1, -0.05) is 224 Å². The summed E-state index contributed by atoms with van der Waals surface area (Å²) in [6.45, 7) is 0. The fourth-order valence-corrected chi connectivity index (χ4v) is 11.7. The van der Waals surface area contributed by atoms with Gasteiger partial charge < -0.3 is 9.32 Å². The minimum atomic E-state index is -0.501. The highest BCUT2D eigenvalue weighted by molar-refractivity contribution is 6.22. The first-order valence-corrected chi connectivity index (χ1v) is 23.8. The lowest BCUT2D eigenvalue weighted by molar-refractivity contribution is 0.673. The summed E-state index contributed by atoms with van der Waals surface area (Å²) in [5.74, 6) is 0. The van der Waals surface area contributed by atoms with Crippen LogP contribution in [-0.4, -0.2) is 0 Å². The highest BCUT2D eigenvalue weighted by Gasteiger charge is 2.47. The van der Waals surface area contributed by atoms with Crippen molar-refractivity contribution in [3.63, 3.8) is 0 Å². The molecule has 0 unspecified atom stereocenters. The third kappa shape index (κ3) is 5.99. The molecule has 0 spiro atoms. The summed E-state index contributed by atoms with van der Waals surface area (Å²) in [6.07, 6.45) is 0. The maximum atomic E-state index is 6.95. The van der Waals surface area contributed by atoms with Crippen molar-refractivity contribution in [1.82, 2.24) is 0 Å². The maximum Gasteiger partial charge on any atom is 0.143 e. The molecule has 0 saturated carbocycles. The summed E-state index contributed by atoms with van der Waals surface area (Å²) in [7, 11) is 0. The third-order valence-electron chi connectivity index (χ3n) is 14.7. The van der Waals surface area contributed by atoms with E-state index in [2.05, 4.69) is 266 Å². The smallest absolute Gasteiger partial charge is 0.143 e. The second-order valence-electron chi connectivity index (χ2n) is 18.3. The van der Waals surface area contributed by atoms with Crippen LogP contribution in [0.5, 0.6) is 0 Å².